The van der Waals surface area contributed by atoms with E-state index in [0.717, 1.165) is 33.8 Å². The van der Waals surface area contributed by atoms with E-state index in [-0.39, 0.29) is 12.2 Å². The molecular weight excluding hydrogens is 416 g/mol. The molecular formula is C21H20N6O3S. The van der Waals surface area contributed by atoms with E-state index in [4.69, 9.17) is 0 Å². The van der Waals surface area contributed by atoms with Crippen molar-refractivity contribution >= 4 is 34.5 Å². The Morgan fingerprint density at radius 1 is 1.13 bits per heavy atom. The van der Waals surface area contributed by atoms with Crippen molar-refractivity contribution in [1.29, 1.82) is 0 Å². The number of carboxylic acids is 1. The van der Waals surface area contributed by atoms with Crippen LogP contribution in [0.1, 0.15) is 11.1 Å². The van der Waals surface area contributed by atoms with Crippen LogP contribution in [-0.4, -0.2) is 54.0 Å². The Bertz CT molecular complexity index is 1190. The molecule has 0 bridgehead atoms. The van der Waals surface area contributed by atoms with E-state index in [0.29, 0.717) is 11.7 Å². The lowest BCUT2D eigenvalue weighted by Gasteiger charge is -2.14. The van der Waals surface area contributed by atoms with E-state index in [2.05, 4.69) is 25.8 Å². The van der Waals surface area contributed by atoms with Gasteiger partial charge in [-0.3, -0.25) is 4.79 Å². The predicted molar refractivity (Wildman–Crippen MR) is 116 cm³/mol. The number of carbonyl (C=O) groups is 2. The zero-order valence-electron chi connectivity index (χ0n) is 16.4. The fourth-order valence-corrected chi connectivity index (χ4v) is 3.93. The van der Waals surface area contributed by atoms with Gasteiger partial charge in [0, 0.05) is 23.5 Å². The molecule has 2 heterocycles. The highest BCUT2D eigenvalue weighted by molar-refractivity contribution is 7.99. The largest absolute Gasteiger partial charge is 0.480 e. The first-order valence-electron chi connectivity index (χ1n) is 9.60. The zero-order chi connectivity index (χ0) is 21.6. The van der Waals surface area contributed by atoms with E-state index < -0.39 is 17.9 Å². The Morgan fingerprint density at radius 3 is 2.71 bits per heavy atom. The second-order valence-electron chi connectivity index (χ2n) is 6.92. The number of thioether (sulfide) groups is 1. The van der Waals surface area contributed by atoms with Crippen LogP contribution in [0.4, 0.5) is 0 Å². The van der Waals surface area contributed by atoms with Gasteiger partial charge in [0.15, 0.2) is 0 Å². The molecule has 4 rings (SSSR count). The first kappa shape index (κ1) is 20.6. The minimum atomic E-state index is -1.09. The molecule has 0 saturated heterocycles. The Morgan fingerprint density at radius 2 is 1.90 bits per heavy atom. The van der Waals surface area contributed by atoms with E-state index in [1.807, 2.05) is 54.6 Å². The summed E-state index contributed by atoms with van der Waals surface area (Å²) < 4.78 is 1.61. The number of aromatic amines is 1. The normalized spacial score (nSPS) is 12.0. The topological polar surface area (TPSA) is 126 Å². The Labute approximate surface area is 181 Å². The number of rotatable bonds is 9. The van der Waals surface area contributed by atoms with Crippen molar-refractivity contribution < 1.29 is 14.7 Å². The Balaban J connectivity index is 1.36. The van der Waals surface area contributed by atoms with Gasteiger partial charge >= 0.3 is 5.97 Å². The van der Waals surface area contributed by atoms with Crippen LogP contribution in [0.5, 0.6) is 0 Å². The van der Waals surface area contributed by atoms with Crippen LogP contribution in [0.3, 0.4) is 0 Å². The lowest BCUT2D eigenvalue weighted by Crippen LogP contribution is -2.43. The average molecular weight is 436 g/mol. The number of carbonyl (C=O) groups excluding carboxylic acids is 1. The molecule has 3 N–H and O–H groups in total. The number of benzene rings is 2. The van der Waals surface area contributed by atoms with Gasteiger partial charge in [-0.05, 0) is 27.6 Å². The molecule has 0 aliphatic carbocycles. The SMILES string of the molecule is O=C(CSc1nnnn1Cc1ccccc1)N[C@@H](Cc1c[nH]c2ccccc12)C(=O)O. The van der Waals surface area contributed by atoms with Crippen molar-refractivity contribution in [2.45, 2.75) is 24.2 Å². The molecule has 9 nitrogen and oxygen atoms in total. The van der Waals surface area contributed by atoms with Gasteiger partial charge in [0.05, 0.1) is 12.3 Å². The fraction of sp³-hybridized carbons (Fsp3) is 0.190. The lowest BCUT2D eigenvalue weighted by molar-refractivity contribution is -0.141. The highest BCUT2D eigenvalue weighted by Gasteiger charge is 2.22. The minimum absolute atomic E-state index is 0.00677. The molecule has 158 valence electrons. The molecule has 1 amide bonds. The number of nitrogens with one attached hydrogen (secondary N) is 2. The van der Waals surface area contributed by atoms with Gasteiger partial charge in [-0.1, -0.05) is 60.3 Å². The maximum Gasteiger partial charge on any atom is 0.326 e. The van der Waals surface area contributed by atoms with Crippen molar-refractivity contribution in [2.75, 3.05) is 5.75 Å². The number of aromatic nitrogens is 5. The molecule has 31 heavy (non-hydrogen) atoms. The van der Waals surface area contributed by atoms with Gasteiger partial charge in [0.1, 0.15) is 6.04 Å². The molecule has 0 saturated carbocycles. The van der Waals surface area contributed by atoms with Gasteiger partial charge < -0.3 is 15.4 Å². The average Bonchev–Trinajstić information content (AvgIpc) is 3.39. The van der Waals surface area contributed by atoms with Gasteiger partial charge in [-0.25, -0.2) is 9.48 Å². The third kappa shape index (κ3) is 5.10. The van der Waals surface area contributed by atoms with Crippen molar-refractivity contribution in [3.63, 3.8) is 0 Å². The van der Waals surface area contributed by atoms with Crippen LogP contribution in [-0.2, 0) is 22.6 Å². The van der Waals surface area contributed by atoms with Crippen molar-refractivity contribution in [1.82, 2.24) is 30.5 Å². The summed E-state index contributed by atoms with van der Waals surface area (Å²) in [5.74, 6) is -1.48. The molecule has 2 aromatic heterocycles. The second-order valence-corrected chi connectivity index (χ2v) is 7.86. The summed E-state index contributed by atoms with van der Waals surface area (Å²) in [5, 5.41) is 25.2. The minimum Gasteiger partial charge on any atom is -0.480 e. The quantitative estimate of drug-likeness (QED) is 0.343. The first-order valence-corrected chi connectivity index (χ1v) is 10.6. The van der Waals surface area contributed by atoms with Crippen molar-refractivity contribution in [3.8, 4) is 0 Å². The molecule has 10 heteroatoms. The zero-order valence-corrected chi connectivity index (χ0v) is 17.2. The number of nitrogens with zero attached hydrogens (tertiary/aromatic N) is 4. The third-order valence-corrected chi connectivity index (χ3v) is 5.70. The Hall–Kier alpha value is -3.66. The molecule has 1 atom stereocenters. The van der Waals surface area contributed by atoms with E-state index >= 15 is 0 Å². The summed E-state index contributed by atoms with van der Waals surface area (Å²) in [7, 11) is 0. The number of amides is 1. The van der Waals surface area contributed by atoms with E-state index in [9.17, 15) is 14.7 Å². The third-order valence-electron chi connectivity index (χ3n) is 4.74. The number of fused-ring (bicyclic) bond motifs is 1. The predicted octanol–water partition coefficient (Wildman–Crippen LogP) is 2.11. The number of H-pyrrole nitrogens is 1. The van der Waals surface area contributed by atoms with Crippen molar-refractivity contribution in [3.05, 3.63) is 71.9 Å². The summed E-state index contributed by atoms with van der Waals surface area (Å²) in [6.45, 7) is 0.482. The monoisotopic (exact) mass is 436 g/mol. The standard InChI is InChI=1S/C21H20N6O3S/c28-19(13-31-21-24-25-26-27(21)12-14-6-2-1-3-7-14)23-18(20(29)30)10-15-11-22-17-9-5-4-8-16(15)17/h1-9,11,18,22H,10,12-13H2,(H,23,28)(H,29,30)/t18-/m0/s1. The summed E-state index contributed by atoms with van der Waals surface area (Å²) in [6, 6.07) is 16.3. The Kier molecular flexibility index (Phi) is 6.27. The van der Waals surface area contributed by atoms with E-state index in [1.165, 1.54) is 0 Å². The lowest BCUT2D eigenvalue weighted by atomic mass is 10.1. The molecule has 0 unspecified atom stereocenters. The summed E-state index contributed by atoms with van der Waals surface area (Å²) in [6.07, 6.45) is 1.96. The molecule has 2 aromatic carbocycles. The number of hydrogen-bond acceptors (Lipinski definition) is 6. The summed E-state index contributed by atoms with van der Waals surface area (Å²) in [5.41, 5.74) is 2.79. The van der Waals surface area contributed by atoms with Crippen LogP contribution in [0.25, 0.3) is 10.9 Å². The molecule has 0 aliphatic rings. The van der Waals surface area contributed by atoms with Crippen LogP contribution in [0, 0.1) is 0 Å². The molecule has 0 radical (unpaired) electrons. The fourth-order valence-electron chi connectivity index (χ4n) is 3.24. The first-order chi connectivity index (χ1) is 15.1. The molecule has 0 fully saturated rings. The van der Waals surface area contributed by atoms with Gasteiger partial charge in [0.25, 0.3) is 0 Å². The molecule has 0 spiro atoms. The molecule has 4 aromatic rings. The van der Waals surface area contributed by atoms with E-state index in [1.54, 1.807) is 10.9 Å². The summed E-state index contributed by atoms with van der Waals surface area (Å²) in [4.78, 5) is 27.3. The van der Waals surface area contributed by atoms with Gasteiger partial charge in [-0.15, -0.1) is 5.10 Å². The van der Waals surface area contributed by atoms with Crippen molar-refractivity contribution in [2.24, 2.45) is 0 Å². The highest BCUT2D eigenvalue weighted by Crippen LogP contribution is 2.19. The second kappa shape index (κ2) is 9.43. The smallest absolute Gasteiger partial charge is 0.326 e. The van der Waals surface area contributed by atoms with Crippen LogP contribution < -0.4 is 5.32 Å². The highest BCUT2D eigenvalue weighted by atomic mass is 32.2. The summed E-state index contributed by atoms with van der Waals surface area (Å²) >= 11 is 1.16. The number of tetrazole rings is 1. The number of aliphatic carboxylic acids is 1. The van der Waals surface area contributed by atoms with Crippen LogP contribution in [0.2, 0.25) is 0 Å². The number of para-hydroxylation sites is 1. The maximum absolute atomic E-state index is 12.4. The van der Waals surface area contributed by atoms with Crippen LogP contribution in [0.15, 0.2) is 66.0 Å². The number of hydrogen-bond donors (Lipinski definition) is 3. The number of carboxylic acid groups (broad SMARTS) is 1. The maximum atomic E-state index is 12.4. The molecule has 0 aliphatic heterocycles. The van der Waals surface area contributed by atoms with Crippen LogP contribution >= 0.6 is 11.8 Å². The van der Waals surface area contributed by atoms with Gasteiger partial charge in [0.2, 0.25) is 11.1 Å². The van der Waals surface area contributed by atoms with Gasteiger partial charge in [-0.2, -0.15) is 0 Å².